The summed E-state index contributed by atoms with van der Waals surface area (Å²) in [4.78, 5) is 16.7. The molecule has 1 unspecified atom stereocenters. The van der Waals surface area contributed by atoms with Crippen LogP contribution in [0.2, 0.25) is 5.02 Å². The molecule has 0 bridgehead atoms. The van der Waals surface area contributed by atoms with Crippen molar-refractivity contribution in [3.05, 3.63) is 59.4 Å². The van der Waals surface area contributed by atoms with Gasteiger partial charge in [0.05, 0.1) is 4.90 Å². The minimum Gasteiger partial charge on any atom is -0.355 e. The number of aromatic nitrogens is 1. The second kappa shape index (κ2) is 8.16. The summed E-state index contributed by atoms with van der Waals surface area (Å²) in [5, 5.41) is 3.27. The number of rotatable bonds is 5. The molecule has 1 aromatic carbocycles. The molecule has 2 heterocycles. The molecule has 1 saturated heterocycles. The number of hydrogen-bond acceptors (Lipinski definition) is 4. The number of carbonyl (C=O) groups is 1. The molecule has 1 aliphatic heterocycles. The van der Waals surface area contributed by atoms with Crippen molar-refractivity contribution in [1.82, 2.24) is 14.6 Å². The molecule has 0 saturated carbocycles. The molecule has 1 amide bonds. The molecule has 1 atom stereocenters. The van der Waals surface area contributed by atoms with Crippen LogP contribution in [-0.4, -0.2) is 36.2 Å². The van der Waals surface area contributed by atoms with Crippen molar-refractivity contribution < 1.29 is 13.2 Å². The number of sulfonamides is 1. The molecule has 1 fully saturated rings. The van der Waals surface area contributed by atoms with Crippen LogP contribution in [0.1, 0.15) is 24.8 Å². The fourth-order valence-corrected chi connectivity index (χ4v) is 4.71. The van der Waals surface area contributed by atoms with E-state index in [1.807, 2.05) is 0 Å². The van der Waals surface area contributed by atoms with E-state index in [9.17, 15) is 13.2 Å². The lowest BCUT2D eigenvalue weighted by Crippen LogP contribution is -2.48. The van der Waals surface area contributed by atoms with Gasteiger partial charge in [0, 0.05) is 30.5 Å². The maximum absolute atomic E-state index is 13.3. The number of pyridine rings is 1. The van der Waals surface area contributed by atoms with E-state index in [1.54, 1.807) is 24.5 Å². The van der Waals surface area contributed by atoms with Crippen molar-refractivity contribution in [2.24, 2.45) is 0 Å². The zero-order valence-corrected chi connectivity index (χ0v) is 15.7. The van der Waals surface area contributed by atoms with Gasteiger partial charge in [-0.1, -0.05) is 17.7 Å². The van der Waals surface area contributed by atoms with Crippen LogP contribution >= 0.6 is 11.6 Å². The third kappa shape index (κ3) is 4.23. The van der Waals surface area contributed by atoms with Crippen LogP contribution in [0.15, 0.2) is 53.7 Å². The summed E-state index contributed by atoms with van der Waals surface area (Å²) in [6.07, 6.45) is 5.34. The van der Waals surface area contributed by atoms with E-state index < -0.39 is 16.1 Å². The molecular weight excluding hydrogens is 374 g/mol. The first kappa shape index (κ1) is 18.8. The summed E-state index contributed by atoms with van der Waals surface area (Å²) in [7, 11) is -3.88. The molecule has 3 rings (SSSR count). The normalized spacial score (nSPS) is 18.4. The number of hydrogen-bond donors (Lipinski definition) is 1. The molecule has 0 spiro atoms. The summed E-state index contributed by atoms with van der Waals surface area (Å²) in [6, 6.07) is 8.78. The van der Waals surface area contributed by atoms with Crippen LogP contribution in [0.5, 0.6) is 0 Å². The first-order chi connectivity index (χ1) is 12.5. The Morgan fingerprint density at radius 2 is 1.96 bits per heavy atom. The van der Waals surface area contributed by atoms with Gasteiger partial charge < -0.3 is 5.32 Å². The third-order valence-electron chi connectivity index (χ3n) is 4.34. The van der Waals surface area contributed by atoms with Crippen molar-refractivity contribution in [2.45, 2.75) is 36.7 Å². The molecule has 0 aliphatic carbocycles. The zero-order valence-electron chi connectivity index (χ0n) is 14.1. The van der Waals surface area contributed by atoms with Gasteiger partial charge in [-0.05, 0) is 55.2 Å². The van der Waals surface area contributed by atoms with E-state index >= 15 is 0 Å². The molecule has 26 heavy (non-hydrogen) atoms. The quantitative estimate of drug-likeness (QED) is 0.846. The van der Waals surface area contributed by atoms with Gasteiger partial charge in [0.25, 0.3) is 0 Å². The van der Waals surface area contributed by atoms with Crippen LogP contribution in [0.3, 0.4) is 0 Å². The topological polar surface area (TPSA) is 79.4 Å². The first-order valence-electron chi connectivity index (χ1n) is 8.42. The van der Waals surface area contributed by atoms with E-state index in [2.05, 4.69) is 10.3 Å². The van der Waals surface area contributed by atoms with E-state index in [-0.39, 0.29) is 17.3 Å². The van der Waals surface area contributed by atoms with Gasteiger partial charge in [-0.15, -0.1) is 0 Å². The van der Waals surface area contributed by atoms with Crippen molar-refractivity contribution in [1.29, 1.82) is 0 Å². The summed E-state index contributed by atoms with van der Waals surface area (Å²) in [5.41, 5.74) is 0.724. The SMILES string of the molecule is O=C1NCCCCC1N(Cc1cccnc1)S(=O)(=O)c1ccc(Cl)cc1. The third-order valence-corrected chi connectivity index (χ3v) is 6.46. The Balaban J connectivity index is 2.01. The lowest BCUT2D eigenvalue weighted by atomic mass is 10.1. The molecule has 0 radical (unpaired) electrons. The van der Waals surface area contributed by atoms with Crippen LogP contribution in [0.25, 0.3) is 0 Å². The number of nitrogens with one attached hydrogen (secondary N) is 1. The Bertz CT molecular complexity index is 857. The largest absolute Gasteiger partial charge is 0.355 e. The first-order valence-corrected chi connectivity index (χ1v) is 10.2. The second-order valence-corrected chi connectivity index (χ2v) is 8.50. The highest BCUT2D eigenvalue weighted by molar-refractivity contribution is 7.89. The fourth-order valence-electron chi connectivity index (χ4n) is 2.97. The lowest BCUT2D eigenvalue weighted by molar-refractivity contribution is -0.124. The maximum atomic E-state index is 13.3. The summed E-state index contributed by atoms with van der Waals surface area (Å²) >= 11 is 5.88. The summed E-state index contributed by atoms with van der Waals surface area (Å²) in [5.74, 6) is -0.260. The summed E-state index contributed by atoms with van der Waals surface area (Å²) in [6.45, 7) is 0.647. The molecule has 1 aromatic heterocycles. The smallest absolute Gasteiger partial charge is 0.244 e. The fraction of sp³-hybridized carbons (Fsp3) is 0.333. The highest BCUT2D eigenvalue weighted by Crippen LogP contribution is 2.25. The van der Waals surface area contributed by atoms with Crippen LogP contribution in [0.4, 0.5) is 0 Å². The number of halogens is 1. The van der Waals surface area contributed by atoms with Gasteiger partial charge in [-0.25, -0.2) is 8.42 Å². The van der Waals surface area contributed by atoms with E-state index in [1.165, 1.54) is 28.6 Å². The van der Waals surface area contributed by atoms with E-state index in [0.717, 1.165) is 18.4 Å². The van der Waals surface area contributed by atoms with Crippen molar-refractivity contribution in [3.63, 3.8) is 0 Å². The Morgan fingerprint density at radius 3 is 2.65 bits per heavy atom. The number of benzene rings is 1. The van der Waals surface area contributed by atoms with Gasteiger partial charge in [0.1, 0.15) is 6.04 Å². The standard InChI is InChI=1S/C18H20ClN3O3S/c19-15-6-8-16(9-7-15)26(24,25)22(13-14-4-3-10-20-12-14)17-5-1-2-11-21-18(17)23/h3-4,6-10,12,17H,1-2,5,11,13H2,(H,21,23). The van der Waals surface area contributed by atoms with Crippen molar-refractivity contribution in [2.75, 3.05) is 6.54 Å². The zero-order chi connectivity index (χ0) is 18.6. The predicted molar refractivity (Wildman–Crippen MR) is 99.1 cm³/mol. The maximum Gasteiger partial charge on any atom is 0.244 e. The highest BCUT2D eigenvalue weighted by Gasteiger charge is 2.36. The molecule has 138 valence electrons. The predicted octanol–water partition coefficient (Wildman–Crippen LogP) is 2.59. The Morgan fingerprint density at radius 1 is 1.19 bits per heavy atom. The monoisotopic (exact) mass is 393 g/mol. The second-order valence-electron chi connectivity index (χ2n) is 6.17. The van der Waals surface area contributed by atoms with Gasteiger partial charge >= 0.3 is 0 Å². The Labute approximate surface area is 158 Å². The van der Waals surface area contributed by atoms with Crippen LogP contribution in [0, 0.1) is 0 Å². The highest BCUT2D eigenvalue weighted by atomic mass is 35.5. The van der Waals surface area contributed by atoms with Crippen LogP contribution in [-0.2, 0) is 21.4 Å². The number of carbonyl (C=O) groups excluding carboxylic acids is 1. The minimum absolute atomic E-state index is 0.0802. The average molecular weight is 394 g/mol. The van der Waals surface area contributed by atoms with Gasteiger partial charge in [0.15, 0.2) is 0 Å². The van der Waals surface area contributed by atoms with E-state index in [0.29, 0.717) is 18.0 Å². The number of nitrogens with zero attached hydrogens (tertiary/aromatic N) is 2. The van der Waals surface area contributed by atoms with Gasteiger partial charge in [0.2, 0.25) is 15.9 Å². The number of amides is 1. The van der Waals surface area contributed by atoms with Crippen molar-refractivity contribution in [3.8, 4) is 0 Å². The Kier molecular flexibility index (Phi) is 5.90. The van der Waals surface area contributed by atoms with Gasteiger partial charge in [-0.3, -0.25) is 9.78 Å². The summed E-state index contributed by atoms with van der Waals surface area (Å²) < 4.78 is 27.8. The molecule has 1 N–H and O–H groups in total. The molecule has 8 heteroatoms. The molecule has 6 nitrogen and oxygen atoms in total. The molecular formula is C18H20ClN3O3S. The van der Waals surface area contributed by atoms with Crippen LogP contribution < -0.4 is 5.32 Å². The molecule has 1 aliphatic rings. The molecule has 2 aromatic rings. The minimum atomic E-state index is -3.88. The van der Waals surface area contributed by atoms with E-state index in [4.69, 9.17) is 11.6 Å². The Hall–Kier alpha value is -1.96. The van der Waals surface area contributed by atoms with Gasteiger partial charge in [-0.2, -0.15) is 4.31 Å². The van der Waals surface area contributed by atoms with Crippen molar-refractivity contribution >= 4 is 27.5 Å². The lowest BCUT2D eigenvalue weighted by Gasteiger charge is -2.29. The average Bonchev–Trinajstić information content (AvgIpc) is 2.85.